The van der Waals surface area contributed by atoms with Gasteiger partial charge in [-0.1, -0.05) is 25.6 Å². The number of hydrogen-bond donors (Lipinski definition) is 0. The maximum absolute atomic E-state index is 10.7. The summed E-state index contributed by atoms with van der Waals surface area (Å²) in [5.41, 5.74) is 0.337. The minimum Gasteiger partial charge on any atom is -0.423 e. The summed E-state index contributed by atoms with van der Waals surface area (Å²) in [6.07, 6.45) is 0.250. The van der Waals surface area contributed by atoms with Crippen LogP contribution < -0.4 is 5.63 Å². The molecular formula is C11H10O4. The van der Waals surface area contributed by atoms with E-state index in [2.05, 4.69) is 0 Å². The van der Waals surface area contributed by atoms with Crippen molar-refractivity contribution in [2.45, 2.75) is 7.43 Å². The van der Waals surface area contributed by atoms with E-state index in [1.54, 1.807) is 12.1 Å². The van der Waals surface area contributed by atoms with Crippen LogP contribution in [0, 0.1) is 0 Å². The SMILES string of the molecule is C.O=C=O.O=c1ccc2ccccc2o1. The van der Waals surface area contributed by atoms with Crippen molar-refractivity contribution in [1.29, 1.82) is 0 Å². The molecule has 0 N–H and O–H groups in total. The number of fused-ring (bicyclic) bond motifs is 1. The van der Waals surface area contributed by atoms with E-state index >= 15 is 0 Å². The van der Waals surface area contributed by atoms with Gasteiger partial charge in [-0.2, -0.15) is 9.59 Å². The van der Waals surface area contributed by atoms with E-state index < -0.39 is 0 Å². The first-order chi connectivity index (χ1) is 6.77. The lowest BCUT2D eigenvalue weighted by Crippen LogP contribution is -1.93. The Bertz CT molecular complexity index is 507. The normalized spacial score (nSPS) is 8.00. The van der Waals surface area contributed by atoms with Gasteiger partial charge < -0.3 is 4.42 Å². The lowest BCUT2D eigenvalue weighted by Gasteiger charge is -1.91. The first kappa shape index (κ1) is 12.8. The van der Waals surface area contributed by atoms with Gasteiger partial charge in [-0.25, -0.2) is 4.79 Å². The van der Waals surface area contributed by atoms with Crippen LogP contribution in [0.3, 0.4) is 0 Å². The molecule has 2 aromatic rings. The molecule has 0 aliphatic carbocycles. The van der Waals surface area contributed by atoms with Crippen LogP contribution >= 0.6 is 0 Å². The van der Waals surface area contributed by atoms with Crippen LogP contribution in [0.4, 0.5) is 0 Å². The molecule has 0 unspecified atom stereocenters. The maximum Gasteiger partial charge on any atom is 0.373 e. The zero-order valence-corrected chi connectivity index (χ0v) is 7.10. The first-order valence-electron chi connectivity index (χ1n) is 3.76. The zero-order chi connectivity index (χ0) is 10.4. The molecule has 0 saturated heterocycles. The van der Waals surface area contributed by atoms with Crippen molar-refractivity contribution in [3.05, 3.63) is 46.8 Å². The van der Waals surface area contributed by atoms with Crippen LogP contribution in [0.1, 0.15) is 7.43 Å². The second kappa shape index (κ2) is 6.29. The maximum atomic E-state index is 10.7. The van der Waals surface area contributed by atoms with Crippen LogP contribution in [0.2, 0.25) is 0 Å². The smallest absolute Gasteiger partial charge is 0.373 e. The highest BCUT2D eigenvalue weighted by molar-refractivity contribution is 5.75. The van der Waals surface area contributed by atoms with Gasteiger partial charge in [0.1, 0.15) is 5.58 Å². The van der Waals surface area contributed by atoms with Crippen molar-refractivity contribution >= 4 is 17.1 Å². The molecule has 1 aromatic carbocycles. The summed E-state index contributed by atoms with van der Waals surface area (Å²) in [4.78, 5) is 27.0. The van der Waals surface area contributed by atoms with Gasteiger partial charge in [0.2, 0.25) is 0 Å². The van der Waals surface area contributed by atoms with Gasteiger partial charge in [0, 0.05) is 11.5 Å². The fourth-order valence-electron chi connectivity index (χ4n) is 1.01. The second-order valence-electron chi connectivity index (χ2n) is 2.38. The summed E-state index contributed by atoms with van der Waals surface area (Å²) >= 11 is 0. The van der Waals surface area contributed by atoms with Gasteiger partial charge in [0.25, 0.3) is 0 Å². The fourth-order valence-corrected chi connectivity index (χ4v) is 1.01. The third-order valence-electron chi connectivity index (χ3n) is 1.53. The molecule has 0 saturated carbocycles. The van der Waals surface area contributed by atoms with Gasteiger partial charge in [-0.05, 0) is 12.1 Å². The van der Waals surface area contributed by atoms with Crippen molar-refractivity contribution in [3.8, 4) is 0 Å². The molecular weight excluding hydrogens is 196 g/mol. The predicted molar refractivity (Wildman–Crippen MR) is 54.2 cm³/mol. The Kier molecular flexibility index (Phi) is 5.37. The average Bonchev–Trinajstić information content (AvgIpc) is 2.19. The van der Waals surface area contributed by atoms with E-state index in [1.165, 1.54) is 6.07 Å². The quantitative estimate of drug-likeness (QED) is 0.617. The number of para-hydroxylation sites is 1. The van der Waals surface area contributed by atoms with E-state index in [1.807, 2.05) is 18.2 Å². The Balaban J connectivity index is 0.000000443. The van der Waals surface area contributed by atoms with Gasteiger partial charge >= 0.3 is 11.8 Å². The van der Waals surface area contributed by atoms with Crippen molar-refractivity contribution in [3.63, 3.8) is 0 Å². The minimum absolute atomic E-state index is 0. The van der Waals surface area contributed by atoms with Crippen molar-refractivity contribution < 1.29 is 14.0 Å². The topological polar surface area (TPSA) is 64.3 Å². The molecule has 2 rings (SSSR count). The van der Waals surface area contributed by atoms with Gasteiger partial charge in [0.05, 0.1) is 0 Å². The molecule has 0 atom stereocenters. The Labute approximate surface area is 86.1 Å². The van der Waals surface area contributed by atoms with Crippen molar-refractivity contribution in [2.24, 2.45) is 0 Å². The highest BCUT2D eigenvalue weighted by Gasteiger charge is 1.92. The fraction of sp³-hybridized carbons (Fsp3) is 0.0909. The molecule has 0 fully saturated rings. The number of rotatable bonds is 0. The van der Waals surface area contributed by atoms with Gasteiger partial charge in [-0.15, -0.1) is 0 Å². The summed E-state index contributed by atoms with van der Waals surface area (Å²) in [6, 6.07) is 10.6. The largest absolute Gasteiger partial charge is 0.423 e. The summed E-state index contributed by atoms with van der Waals surface area (Å²) in [5.74, 6) is 0. The molecule has 0 radical (unpaired) electrons. The Morgan fingerprint density at radius 2 is 1.60 bits per heavy atom. The van der Waals surface area contributed by atoms with E-state index in [9.17, 15) is 4.79 Å². The van der Waals surface area contributed by atoms with Crippen molar-refractivity contribution in [2.75, 3.05) is 0 Å². The van der Waals surface area contributed by atoms with Crippen LogP contribution in [0.15, 0.2) is 45.6 Å². The average molecular weight is 206 g/mol. The standard InChI is InChI=1S/C9H6O2.CO2.CH4/c10-9-6-5-7-3-1-2-4-8(7)11-9;2-1-3;/h1-6H;;1H4. The summed E-state index contributed by atoms with van der Waals surface area (Å²) in [7, 11) is 0. The second-order valence-corrected chi connectivity index (χ2v) is 2.38. The van der Waals surface area contributed by atoms with Crippen LogP contribution in [0.25, 0.3) is 11.0 Å². The van der Waals surface area contributed by atoms with Crippen LogP contribution in [-0.4, -0.2) is 6.15 Å². The van der Waals surface area contributed by atoms with E-state index in [0.29, 0.717) is 5.58 Å². The molecule has 0 amide bonds. The van der Waals surface area contributed by atoms with E-state index in [-0.39, 0.29) is 19.2 Å². The Hall–Kier alpha value is -2.19. The molecule has 4 heteroatoms. The molecule has 0 aliphatic rings. The summed E-state index contributed by atoms with van der Waals surface area (Å²) in [6.45, 7) is 0. The highest BCUT2D eigenvalue weighted by atomic mass is 16.4. The van der Waals surface area contributed by atoms with Gasteiger partial charge in [0.15, 0.2) is 0 Å². The molecule has 4 nitrogen and oxygen atoms in total. The molecule has 1 heterocycles. The first-order valence-corrected chi connectivity index (χ1v) is 3.76. The Morgan fingerprint density at radius 1 is 1.00 bits per heavy atom. The number of benzene rings is 1. The highest BCUT2D eigenvalue weighted by Crippen LogP contribution is 2.08. The predicted octanol–water partition coefficient (Wildman–Crippen LogP) is 1.85. The van der Waals surface area contributed by atoms with Crippen LogP contribution in [-0.2, 0) is 9.59 Å². The summed E-state index contributed by atoms with van der Waals surface area (Å²) < 4.78 is 4.91. The molecule has 0 spiro atoms. The van der Waals surface area contributed by atoms with Crippen LogP contribution in [0.5, 0.6) is 0 Å². The molecule has 1 aromatic heterocycles. The molecule has 15 heavy (non-hydrogen) atoms. The van der Waals surface area contributed by atoms with E-state index in [4.69, 9.17) is 14.0 Å². The molecule has 0 aliphatic heterocycles. The lowest BCUT2D eigenvalue weighted by atomic mass is 10.2. The van der Waals surface area contributed by atoms with Crippen molar-refractivity contribution in [1.82, 2.24) is 0 Å². The number of hydrogen-bond acceptors (Lipinski definition) is 4. The zero-order valence-electron chi connectivity index (χ0n) is 7.10. The van der Waals surface area contributed by atoms with Gasteiger partial charge in [-0.3, -0.25) is 0 Å². The monoisotopic (exact) mass is 206 g/mol. The molecule has 0 bridgehead atoms. The van der Waals surface area contributed by atoms with E-state index in [0.717, 1.165) is 5.39 Å². The molecule has 78 valence electrons. The third kappa shape index (κ3) is 3.58. The lowest BCUT2D eigenvalue weighted by molar-refractivity contribution is -0.191. The minimum atomic E-state index is -0.302. The number of carbonyl (C=O) groups excluding carboxylic acids is 2. The third-order valence-corrected chi connectivity index (χ3v) is 1.53. The summed E-state index contributed by atoms with van der Waals surface area (Å²) in [5, 5.41) is 0.951. The Morgan fingerprint density at radius 3 is 2.27 bits per heavy atom.